The zero-order valence-electron chi connectivity index (χ0n) is 18.1. The number of thiazole rings is 1. The molecule has 6 nitrogen and oxygen atoms in total. The van der Waals surface area contributed by atoms with E-state index < -0.39 is 9.84 Å². The molecule has 1 fully saturated rings. The second-order valence-corrected chi connectivity index (χ2v) is 11.6. The lowest BCUT2D eigenvalue weighted by Gasteiger charge is -2.34. The molecule has 1 N–H and O–H groups in total. The van der Waals surface area contributed by atoms with Gasteiger partial charge in [-0.25, -0.2) is 13.4 Å². The molecule has 2 heterocycles. The van der Waals surface area contributed by atoms with Crippen molar-refractivity contribution in [2.75, 3.05) is 23.7 Å². The van der Waals surface area contributed by atoms with Crippen LogP contribution in [0.5, 0.6) is 0 Å². The summed E-state index contributed by atoms with van der Waals surface area (Å²) in [4.78, 5) is 20.6. The number of sulfone groups is 1. The van der Waals surface area contributed by atoms with E-state index >= 15 is 0 Å². The van der Waals surface area contributed by atoms with Crippen LogP contribution in [0.3, 0.4) is 0 Å². The number of nitrogens with zero attached hydrogens (tertiary/aromatic N) is 2. The van der Waals surface area contributed by atoms with Crippen LogP contribution in [0.25, 0.3) is 0 Å². The van der Waals surface area contributed by atoms with Gasteiger partial charge in [-0.2, -0.15) is 0 Å². The summed E-state index contributed by atoms with van der Waals surface area (Å²) >= 11 is 1.50. The Morgan fingerprint density at radius 2 is 1.87 bits per heavy atom. The Kier molecular flexibility index (Phi) is 7.18. The minimum absolute atomic E-state index is 0.0208. The second kappa shape index (κ2) is 9.47. The maximum absolute atomic E-state index is 12.7. The fourth-order valence-electron chi connectivity index (χ4n) is 3.66. The van der Waals surface area contributed by atoms with E-state index in [1.165, 1.54) is 11.3 Å². The third kappa shape index (κ3) is 5.40. The van der Waals surface area contributed by atoms with Gasteiger partial charge in [-0.15, -0.1) is 11.3 Å². The van der Waals surface area contributed by atoms with Crippen molar-refractivity contribution in [3.8, 4) is 0 Å². The lowest BCUT2D eigenvalue weighted by atomic mass is 10.0. The fraction of sp³-hybridized carbons (Fsp3) is 0.545. The number of anilines is 1. The Morgan fingerprint density at radius 1 is 1.23 bits per heavy atom. The summed E-state index contributed by atoms with van der Waals surface area (Å²) in [6, 6.07) is 7.26. The topological polar surface area (TPSA) is 79.4 Å². The average Bonchev–Trinajstić information content (AvgIpc) is 3.08. The van der Waals surface area contributed by atoms with Crippen LogP contribution in [0.15, 0.2) is 29.2 Å². The van der Waals surface area contributed by atoms with Crippen molar-refractivity contribution in [3.63, 3.8) is 0 Å². The number of aryl methyl sites for hydroxylation is 1. The second-order valence-electron chi connectivity index (χ2n) is 8.25. The maximum Gasteiger partial charge on any atom is 0.263 e. The number of aromatic nitrogens is 1. The van der Waals surface area contributed by atoms with E-state index in [4.69, 9.17) is 0 Å². The highest BCUT2D eigenvalue weighted by molar-refractivity contribution is 7.91. The van der Waals surface area contributed by atoms with Gasteiger partial charge in [0.25, 0.3) is 5.91 Å². The largest absolute Gasteiger partial charge is 0.371 e. The molecule has 0 atom stereocenters. The van der Waals surface area contributed by atoms with Gasteiger partial charge in [0.15, 0.2) is 9.84 Å². The maximum atomic E-state index is 12.7. The molecule has 8 heteroatoms. The molecule has 1 aliphatic heterocycles. The van der Waals surface area contributed by atoms with E-state index in [1.807, 2.05) is 19.1 Å². The molecule has 0 bridgehead atoms. The Labute approximate surface area is 183 Å². The number of amides is 1. The van der Waals surface area contributed by atoms with Crippen LogP contribution in [0.1, 0.15) is 54.0 Å². The van der Waals surface area contributed by atoms with Gasteiger partial charge in [0.05, 0.1) is 21.3 Å². The number of carbonyl (C=O) groups excluding carboxylic acids is 1. The smallest absolute Gasteiger partial charge is 0.263 e. The number of benzene rings is 1. The number of rotatable bonds is 7. The minimum atomic E-state index is -3.17. The lowest BCUT2D eigenvalue weighted by Crippen LogP contribution is -2.44. The number of hydrogen-bond donors (Lipinski definition) is 1. The predicted molar refractivity (Wildman–Crippen MR) is 122 cm³/mol. The molecular formula is C22H31N3O3S2. The standard InChI is InChI=1S/C22H31N3O3S2/c1-5-30(27,28)19-8-6-18(7-9-19)25-12-10-17(11-13-25)24-22(26)21-16(4)23-20(29-21)14-15(2)3/h6-9,15,17H,5,10-14H2,1-4H3,(H,24,26). The van der Waals surface area contributed by atoms with Crippen molar-refractivity contribution in [3.05, 3.63) is 39.8 Å². The monoisotopic (exact) mass is 449 g/mol. The van der Waals surface area contributed by atoms with E-state index in [0.29, 0.717) is 10.8 Å². The molecule has 1 amide bonds. The third-order valence-corrected chi connectivity index (χ3v) is 8.33. The van der Waals surface area contributed by atoms with E-state index in [1.54, 1.807) is 19.1 Å². The first-order valence-electron chi connectivity index (χ1n) is 10.5. The zero-order chi connectivity index (χ0) is 21.9. The van der Waals surface area contributed by atoms with Gasteiger partial charge in [-0.3, -0.25) is 4.79 Å². The minimum Gasteiger partial charge on any atom is -0.371 e. The zero-order valence-corrected chi connectivity index (χ0v) is 19.8. The highest BCUT2D eigenvalue weighted by Gasteiger charge is 2.24. The molecule has 0 aliphatic carbocycles. The van der Waals surface area contributed by atoms with Crippen LogP contribution < -0.4 is 10.2 Å². The van der Waals surface area contributed by atoms with E-state index in [-0.39, 0.29) is 17.7 Å². The molecule has 0 unspecified atom stereocenters. The SMILES string of the molecule is CCS(=O)(=O)c1ccc(N2CCC(NC(=O)c3sc(CC(C)C)nc3C)CC2)cc1. The fourth-order valence-corrected chi connectivity index (χ4v) is 5.73. The highest BCUT2D eigenvalue weighted by atomic mass is 32.2. The summed E-state index contributed by atoms with van der Waals surface area (Å²) in [5, 5.41) is 4.20. The Morgan fingerprint density at radius 3 is 2.43 bits per heavy atom. The molecule has 1 saturated heterocycles. The molecule has 0 radical (unpaired) electrons. The summed E-state index contributed by atoms with van der Waals surface area (Å²) in [7, 11) is -3.17. The van der Waals surface area contributed by atoms with Crippen LogP contribution in [0, 0.1) is 12.8 Å². The quantitative estimate of drug-likeness (QED) is 0.695. The van der Waals surface area contributed by atoms with Crippen molar-refractivity contribution in [1.82, 2.24) is 10.3 Å². The average molecular weight is 450 g/mol. The summed E-state index contributed by atoms with van der Waals surface area (Å²) in [6.07, 6.45) is 2.62. The van der Waals surface area contributed by atoms with Crippen molar-refractivity contribution in [1.29, 1.82) is 0 Å². The summed E-state index contributed by atoms with van der Waals surface area (Å²) < 4.78 is 23.9. The molecule has 1 aliphatic rings. The van der Waals surface area contributed by atoms with Crippen molar-refractivity contribution >= 4 is 32.8 Å². The molecule has 0 spiro atoms. The summed E-state index contributed by atoms with van der Waals surface area (Å²) in [5.74, 6) is 0.606. The van der Waals surface area contributed by atoms with E-state index in [0.717, 1.165) is 53.6 Å². The summed E-state index contributed by atoms with van der Waals surface area (Å²) in [6.45, 7) is 9.51. The van der Waals surface area contributed by atoms with Gasteiger partial charge < -0.3 is 10.2 Å². The molecule has 2 aromatic rings. The number of carbonyl (C=O) groups is 1. The predicted octanol–water partition coefficient (Wildman–Crippen LogP) is 3.84. The normalized spacial score (nSPS) is 15.6. The van der Waals surface area contributed by atoms with E-state index in [9.17, 15) is 13.2 Å². The van der Waals surface area contributed by atoms with Crippen molar-refractivity contribution < 1.29 is 13.2 Å². The number of nitrogens with one attached hydrogen (secondary N) is 1. The first kappa shape index (κ1) is 22.7. The Balaban J connectivity index is 1.56. The molecule has 1 aromatic heterocycles. The van der Waals surface area contributed by atoms with E-state index in [2.05, 4.69) is 29.0 Å². The van der Waals surface area contributed by atoms with Gasteiger partial charge in [-0.1, -0.05) is 20.8 Å². The first-order valence-corrected chi connectivity index (χ1v) is 13.0. The third-order valence-electron chi connectivity index (χ3n) is 5.40. The Bertz CT molecular complexity index is 974. The molecule has 3 rings (SSSR count). The number of piperidine rings is 1. The van der Waals surface area contributed by atoms with Crippen LogP contribution in [-0.4, -0.2) is 44.2 Å². The van der Waals surface area contributed by atoms with Gasteiger partial charge in [0, 0.05) is 31.2 Å². The molecular weight excluding hydrogens is 418 g/mol. The van der Waals surface area contributed by atoms with Crippen molar-refractivity contribution in [2.24, 2.45) is 5.92 Å². The van der Waals surface area contributed by atoms with Gasteiger partial charge in [0.1, 0.15) is 4.88 Å². The van der Waals surface area contributed by atoms with Crippen LogP contribution >= 0.6 is 11.3 Å². The highest BCUT2D eigenvalue weighted by Crippen LogP contribution is 2.24. The molecule has 1 aromatic carbocycles. The van der Waals surface area contributed by atoms with Crippen LogP contribution in [0.2, 0.25) is 0 Å². The van der Waals surface area contributed by atoms with Gasteiger partial charge in [-0.05, 0) is 49.9 Å². The summed E-state index contributed by atoms with van der Waals surface area (Å²) in [5.41, 5.74) is 1.83. The van der Waals surface area contributed by atoms with Gasteiger partial charge >= 0.3 is 0 Å². The van der Waals surface area contributed by atoms with Crippen molar-refractivity contribution in [2.45, 2.75) is 57.9 Å². The first-order chi connectivity index (χ1) is 14.2. The van der Waals surface area contributed by atoms with Crippen LogP contribution in [0.4, 0.5) is 5.69 Å². The molecule has 30 heavy (non-hydrogen) atoms. The van der Waals surface area contributed by atoms with Gasteiger partial charge in [0.2, 0.25) is 0 Å². The Hall–Kier alpha value is -1.93. The van der Waals surface area contributed by atoms with Crippen LogP contribution in [-0.2, 0) is 16.3 Å². The molecule has 164 valence electrons. The number of hydrogen-bond acceptors (Lipinski definition) is 6. The molecule has 0 saturated carbocycles. The lowest BCUT2D eigenvalue weighted by molar-refractivity contribution is 0.0934.